The number of pyridine rings is 1. The molecule has 150 valence electrons. The summed E-state index contributed by atoms with van der Waals surface area (Å²) >= 11 is 1.24. The van der Waals surface area contributed by atoms with Gasteiger partial charge < -0.3 is 15.5 Å². The average molecular weight is 417 g/mol. The fraction of sp³-hybridized carbons (Fsp3) is 0.182. The maximum atomic E-state index is 12.3. The number of furan rings is 1. The van der Waals surface area contributed by atoms with Gasteiger partial charge in [0.1, 0.15) is 34.3 Å². The summed E-state index contributed by atoms with van der Waals surface area (Å²) in [5.74, 6) is 0.638. The number of hydrogen-bond acceptors (Lipinski definition) is 7. The summed E-state index contributed by atoms with van der Waals surface area (Å²) in [4.78, 5) is 16.5. The van der Waals surface area contributed by atoms with E-state index in [2.05, 4.69) is 16.4 Å². The van der Waals surface area contributed by atoms with Gasteiger partial charge in [-0.2, -0.15) is 10.5 Å². The number of nitriles is 2. The Kier molecular flexibility index (Phi) is 6.41. The zero-order valence-corrected chi connectivity index (χ0v) is 17.3. The van der Waals surface area contributed by atoms with E-state index in [1.807, 2.05) is 38.1 Å². The van der Waals surface area contributed by atoms with E-state index in [-0.39, 0.29) is 29.3 Å². The quantitative estimate of drug-likeness (QED) is 0.568. The van der Waals surface area contributed by atoms with Crippen molar-refractivity contribution in [3.8, 4) is 23.5 Å². The minimum Gasteiger partial charge on any atom is -0.464 e. The Morgan fingerprint density at radius 3 is 2.63 bits per heavy atom. The number of carbonyl (C=O) groups is 1. The van der Waals surface area contributed by atoms with Gasteiger partial charge in [0.2, 0.25) is 5.91 Å². The lowest BCUT2D eigenvalue weighted by molar-refractivity contribution is -0.115. The number of nitrogens with zero attached hydrogens (tertiary/aromatic N) is 3. The van der Waals surface area contributed by atoms with Gasteiger partial charge in [0, 0.05) is 17.9 Å². The van der Waals surface area contributed by atoms with Crippen molar-refractivity contribution < 1.29 is 9.21 Å². The van der Waals surface area contributed by atoms with Crippen LogP contribution < -0.4 is 11.1 Å². The molecule has 0 bridgehead atoms. The first kappa shape index (κ1) is 21.0. The molecule has 3 N–H and O–H groups in total. The SMILES string of the molecule is Cc1ccc(NC(=O)CCSc2nc(N)c(C#N)c(-c3ccco3)c2C#N)c(C)c1. The van der Waals surface area contributed by atoms with E-state index in [4.69, 9.17) is 10.2 Å². The fourth-order valence-electron chi connectivity index (χ4n) is 2.98. The zero-order chi connectivity index (χ0) is 21.7. The lowest BCUT2D eigenvalue weighted by Crippen LogP contribution is -2.13. The van der Waals surface area contributed by atoms with Gasteiger partial charge >= 0.3 is 0 Å². The molecule has 3 rings (SSSR count). The summed E-state index contributed by atoms with van der Waals surface area (Å²) < 4.78 is 5.38. The molecule has 0 aliphatic rings. The maximum Gasteiger partial charge on any atom is 0.225 e. The zero-order valence-electron chi connectivity index (χ0n) is 16.5. The number of carbonyl (C=O) groups excluding carboxylic acids is 1. The topological polar surface area (TPSA) is 129 Å². The molecule has 0 spiro atoms. The second-order valence-corrected chi connectivity index (χ2v) is 7.68. The van der Waals surface area contributed by atoms with Gasteiger partial charge in [-0.05, 0) is 37.6 Å². The molecule has 0 saturated carbocycles. The second-order valence-electron chi connectivity index (χ2n) is 6.59. The van der Waals surface area contributed by atoms with E-state index < -0.39 is 0 Å². The van der Waals surface area contributed by atoms with E-state index in [1.54, 1.807) is 12.1 Å². The number of aryl methyl sites for hydroxylation is 2. The van der Waals surface area contributed by atoms with Crippen LogP contribution in [0.15, 0.2) is 46.0 Å². The predicted molar refractivity (Wildman–Crippen MR) is 116 cm³/mol. The van der Waals surface area contributed by atoms with Crippen molar-refractivity contribution in [2.24, 2.45) is 0 Å². The normalized spacial score (nSPS) is 10.3. The summed E-state index contributed by atoms with van der Waals surface area (Å²) in [6, 6.07) is 13.2. The van der Waals surface area contributed by atoms with Crippen LogP contribution in [-0.2, 0) is 4.79 Å². The number of aromatic nitrogens is 1. The first-order chi connectivity index (χ1) is 14.4. The molecule has 7 nitrogen and oxygen atoms in total. The summed E-state index contributed by atoms with van der Waals surface area (Å²) in [5.41, 5.74) is 9.46. The maximum absolute atomic E-state index is 12.3. The van der Waals surface area contributed by atoms with Crippen molar-refractivity contribution in [1.29, 1.82) is 10.5 Å². The predicted octanol–water partition coefficient (Wildman–Crippen LogP) is 4.40. The minimum absolute atomic E-state index is 0.0186. The van der Waals surface area contributed by atoms with Gasteiger partial charge in [0.25, 0.3) is 0 Å². The third-order valence-corrected chi connectivity index (χ3v) is 5.38. The van der Waals surface area contributed by atoms with E-state index >= 15 is 0 Å². The molecule has 1 amide bonds. The summed E-state index contributed by atoms with van der Waals surface area (Å²) in [7, 11) is 0. The lowest BCUT2D eigenvalue weighted by atomic mass is 10.0. The van der Waals surface area contributed by atoms with Crippen LogP contribution in [0, 0.1) is 36.5 Å². The van der Waals surface area contributed by atoms with Crippen molar-refractivity contribution in [2.75, 3.05) is 16.8 Å². The number of rotatable bonds is 6. The molecular formula is C22H19N5O2S. The standard InChI is InChI=1S/C22H19N5O2S/c1-13-5-6-17(14(2)10-13)26-19(28)7-9-30-22-16(12-24)20(18-4-3-8-29-18)15(11-23)21(25)27-22/h3-6,8,10H,7,9H2,1-2H3,(H2,25,27)(H,26,28). The van der Waals surface area contributed by atoms with Gasteiger partial charge in [-0.3, -0.25) is 4.79 Å². The van der Waals surface area contributed by atoms with Gasteiger partial charge in [0.15, 0.2) is 0 Å². The third-order valence-electron chi connectivity index (χ3n) is 4.41. The van der Waals surface area contributed by atoms with Crippen LogP contribution >= 0.6 is 11.8 Å². The average Bonchev–Trinajstić information content (AvgIpc) is 3.24. The first-order valence-corrected chi connectivity index (χ1v) is 10.1. The molecule has 0 radical (unpaired) electrons. The van der Waals surface area contributed by atoms with Crippen molar-refractivity contribution >= 4 is 29.2 Å². The summed E-state index contributed by atoms with van der Waals surface area (Å²) in [6.07, 6.45) is 1.68. The highest BCUT2D eigenvalue weighted by Gasteiger charge is 2.22. The monoisotopic (exact) mass is 417 g/mol. The van der Waals surface area contributed by atoms with Gasteiger partial charge in [-0.25, -0.2) is 4.98 Å². The number of nitrogens with two attached hydrogens (primary N) is 1. The van der Waals surface area contributed by atoms with Crippen LogP contribution in [-0.4, -0.2) is 16.6 Å². The highest BCUT2D eigenvalue weighted by molar-refractivity contribution is 7.99. The number of amides is 1. The van der Waals surface area contributed by atoms with Crippen LogP contribution in [0.4, 0.5) is 11.5 Å². The van der Waals surface area contributed by atoms with Gasteiger partial charge in [-0.1, -0.05) is 17.7 Å². The highest BCUT2D eigenvalue weighted by Crippen LogP contribution is 2.35. The second kappa shape index (κ2) is 9.17. The third kappa shape index (κ3) is 4.45. The van der Waals surface area contributed by atoms with Gasteiger partial charge in [-0.15, -0.1) is 11.8 Å². The number of thioether (sulfide) groups is 1. The molecule has 2 aromatic heterocycles. The smallest absolute Gasteiger partial charge is 0.225 e. The first-order valence-electron chi connectivity index (χ1n) is 9.12. The van der Waals surface area contributed by atoms with Crippen molar-refractivity contribution in [3.63, 3.8) is 0 Å². The van der Waals surface area contributed by atoms with Crippen LogP contribution in [0.5, 0.6) is 0 Å². The highest BCUT2D eigenvalue weighted by atomic mass is 32.2. The molecule has 0 unspecified atom stereocenters. The van der Waals surface area contributed by atoms with E-state index in [0.29, 0.717) is 22.1 Å². The molecule has 0 saturated heterocycles. The fourth-order valence-corrected chi connectivity index (χ4v) is 3.91. The molecule has 0 aliphatic heterocycles. The van der Waals surface area contributed by atoms with Crippen molar-refractivity contribution in [1.82, 2.24) is 4.98 Å². The van der Waals surface area contributed by atoms with Crippen LogP contribution in [0.2, 0.25) is 0 Å². The Morgan fingerprint density at radius 1 is 1.23 bits per heavy atom. The molecular weight excluding hydrogens is 398 g/mol. The molecule has 3 aromatic rings. The molecule has 2 heterocycles. The Morgan fingerprint density at radius 2 is 2.00 bits per heavy atom. The molecule has 1 aromatic carbocycles. The number of benzene rings is 1. The molecule has 0 fully saturated rings. The van der Waals surface area contributed by atoms with Crippen LogP contribution in [0.3, 0.4) is 0 Å². The number of nitrogen functional groups attached to an aromatic ring is 1. The Bertz CT molecular complexity index is 1170. The Balaban J connectivity index is 1.76. The van der Waals surface area contributed by atoms with Crippen LogP contribution in [0.25, 0.3) is 11.3 Å². The largest absolute Gasteiger partial charge is 0.464 e. The Hall–Kier alpha value is -3.75. The lowest BCUT2D eigenvalue weighted by Gasteiger charge is -2.11. The number of hydrogen-bond donors (Lipinski definition) is 2. The Labute approximate surface area is 178 Å². The summed E-state index contributed by atoms with van der Waals surface area (Å²) in [6.45, 7) is 3.94. The minimum atomic E-state index is -0.138. The molecule has 0 atom stereocenters. The molecule has 8 heteroatoms. The van der Waals surface area contributed by atoms with E-state index in [0.717, 1.165) is 16.8 Å². The van der Waals surface area contributed by atoms with E-state index in [1.165, 1.54) is 18.0 Å². The van der Waals surface area contributed by atoms with Crippen LogP contribution in [0.1, 0.15) is 28.7 Å². The van der Waals surface area contributed by atoms with Crippen molar-refractivity contribution in [2.45, 2.75) is 25.3 Å². The van der Waals surface area contributed by atoms with Crippen molar-refractivity contribution in [3.05, 3.63) is 58.8 Å². The summed E-state index contributed by atoms with van der Waals surface area (Å²) in [5, 5.41) is 22.4. The molecule has 0 aliphatic carbocycles. The van der Waals surface area contributed by atoms with E-state index in [9.17, 15) is 15.3 Å². The number of nitrogens with one attached hydrogen (secondary N) is 1. The van der Waals surface area contributed by atoms with Gasteiger partial charge in [0.05, 0.1) is 17.4 Å². The number of anilines is 2. The molecule has 30 heavy (non-hydrogen) atoms.